The van der Waals surface area contributed by atoms with Crippen molar-refractivity contribution in [3.05, 3.63) is 18.0 Å². The summed E-state index contributed by atoms with van der Waals surface area (Å²) < 4.78 is 5.89. The van der Waals surface area contributed by atoms with Crippen molar-refractivity contribution in [2.24, 2.45) is 5.41 Å². The molecule has 0 saturated carbocycles. The summed E-state index contributed by atoms with van der Waals surface area (Å²) in [6.07, 6.45) is 4.12. The van der Waals surface area contributed by atoms with Crippen LogP contribution in [0.5, 0.6) is 0 Å². The second-order valence-electron chi connectivity index (χ2n) is 6.33. The standard InChI is InChI=1S/C14H23N3O2/c1-13(2,3)12(18)19-14(5-8-15-9-6-14)10-11-4-7-16-17-11/h4,7,15H,5-6,8-10H2,1-3H3,(H,16,17). The van der Waals surface area contributed by atoms with Gasteiger partial charge >= 0.3 is 5.97 Å². The maximum Gasteiger partial charge on any atom is 0.311 e. The molecule has 1 aliphatic rings. The highest BCUT2D eigenvalue weighted by atomic mass is 16.6. The zero-order valence-electron chi connectivity index (χ0n) is 12.0. The van der Waals surface area contributed by atoms with Gasteiger partial charge in [-0.3, -0.25) is 9.89 Å². The van der Waals surface area contributed by atoms with E-state index in [1.165, 1.54) is 0 Å². The first-order valence-electron chi connectivity index (χ1n) is 6.84. The van der Waals surface area contributed by atoms with E-state index in [0.717, 1.165) is 31.6 Å². The predicted molar refractivity (Wildman–Crippen MR) is 72.7 cm³/mol. The number of hydrogen-bond acceptors (Lipinski definition) is 4. The first kappa shape index (κ1) is 14.1. The Morgan fingerprint density at radius 1 is 1.42 bits per heavy atom. The third-order valence-corrected chi connectivity index (χ3v) is 3.51. The fraction of sp³-hybridized carbons (Fsp3) is 0.714. The van der Waals surface area contributed by atoms with E-state index in [1.54, 1.807) is 6.20 Å². The van der Waals surface area contributed by atoms with Gasteiger partial charge < -0.3 is 10.1 Å². The molecule has 5 nitrogen and oxygen atoms in total. The highest BCUT2D eigenvalue weighted by Crippen LogP contribution is 2.30. The molecular formula is C14H23N3O2. The molecule has 19 heavy (non-hydrogen) atoms. The maximum atomic E-state index is 12.2. The van der Waals surface area contributed by atoms with E-state index in [0.29, 0.717) is 6.42 Å². The van der Waals surface area contributed by atoms with E-state index in [1.807, 2.05) is 26.8 Å². The van der Waals surface area contributed by atoms with E-state index >= 15 is 0 Å². The number of nitrogens with one attached hydrogen (secondary N) is 2. The first-order valence-corrected chi connectivity index (χ1v) is 6.84. The van der Waals surface area contributed by atoms with Gasteiger partial charge in [0.2, 0.25) is 0 Å². The van der Waals surface area contributed by atoms with Gasteiger partial charge in [0.05, 0.1) is 5.41 Å². The van der Waals surface area contributed by atoms with E-state index in [-0.39, 0.29) is 5.97 Å². The molecule has 2 heterocycles. The molecule has 0 aromatic carbocycles. The molecule has 0 atom stereocenters. The molecule has 1 aliphatic heterocycles. The van der Waals surface area contributed by atoms with E-state index < -0.39 is 11.0 Å². The van der Waals surface area contributed by atoms with Crippen LogP contribution >= 0.6 is 0 Å². The number of piperidine rings is 1. The number of nitrogens with zero attached hydrogens (tertiary/aromatic N) is 1. The molecule has 1 saturated heterocycles. The van der Waals surface area contributed by atoms with E-state index in [9.17, 15) is 4.79 Å². The van der Waals surface area contributed by atoms with Crippen molar-refractivity contribution >= 4 is 5.97 Å². The molecule has 0 unspecified atom stereocenters. The summed E-state index contributed by atoms with van der Waals surface area (Å²) in [7, 11) is 0. The molecule has 106 valence electrons. The Labute approximate surface area is 114 Å². The SMILES string of the molecule is CC(C)(C)C(=O)OC1(Cc2ccn[nH]2)CCNCC1. The topological polar surface area (TPSA) is 67.0 Å². The Morgan fingerprint density at radius 3 is 2.63 bits per heavy atom. The van der Waals surface area contributed by atoms with Crippen LogP contribution in [-0.4, -0.2) is 34.9 Å². The summed E-state index contributed by atoms with van der Waals surface area (Å²) >= 11 is 0. The molecule has 0 spiro atoms. The average Bonchev–Trinajstić information content (AvgIpc) is 2.81. The number of carbonyl (C=O) groups is 1. The van der Waals surface area contributed by atoms with Crippen LogP contribution in [0, 0.1) is 5.41 Å². The Kier molecular flexibility index (Phi) is 3.94. The molecule has 2 rings (SSSR count). The number of carbonyl (C=O) groups excluding carboxylic acids is 1. The highest BCUT2D eigenvalue weighted by Gasteiger charge is 2.39. The number of H-pyrrole nitrogens is 1. The van der Waals surface area contributed by atoms with Crippen LogP contribution in [0.25, 0.3) is 0 Å². The van der Waals surface area contributed by atoms with Crippen molar-refractivity contribution in [2.75, 3.05) is 13.1 Å². The van der Waals surface area contributed by atoms with Crippen LogP contribution < -0.4 is 5.32 Å². The number of hydrogen-bond donors (Lipinski definition) is 2. The molecule has 5 heteroatoms. The van der Waals surface area contributed by atoms with Gasteiger partial charge in [-0.05, 0) is 39.9 Å². The summed E-state index contributed by atoms with van der Waals surface area (Å²) in [6, 6.07) is 1.94. The predicted octanol–water partition coefficient (Wildman–Crippen LogP) is 1.66. The zero-order valence-corrected chi connectivity index (χ0v) is 12.0. The minimum Gasteiger partial charge on any atom is -0.458 e. The zero-order chi connectivity index (χ0) is 13.9. The van der Waals surface area contributed by atoms with Crippen molar-refractivity contribution in [3.63, 3.8) is 0 Å². The van der Waals surface area contributed by atoms with Crippen LogP contribution in [0.1, 0.15) is 39.3 Å². The number of rotatable bonds is 3. The van der Waals surface area contributed by atoms with Crippen molar-refractivity contribution in [3.8, 4) is 0 Å². The summed E-state index contributed by atoms with van der Waals surface area (Å²) in [4.78, 5) is 12.2. The first-order chi connectivity index (χ1) is 8.91. The lowest BCUT2D eigenvalue weighted by Crippen LogP contribution is -2.48. The lowest BCUT2D eigenvalue weighted by Gasteiger charge is -2.38. The fourth-order valence-electron chi connectivity index (χ4n) is 2.28. The molecule has 2 N–H and O–H groups in total. The molecule has 1 fully saturated rings. The van der Waals surface area contributed by atoms with Crippen LogP contribution in [0.3, 0.4) is 0 Å². The van der Waals surface area contributed by atoms with Crippen LogP contribution in [-0.2, 0) is 16.0 Å². The van der Waals surface area contributed by atoms with Gasteiger partial charge in [0.1, 0.15) is 5.60 Å². The average molecular weight is 265 g/mol. The third kappa shape index (κ3) is 3.56. The second-order valence-corrected chi connectivity index (χ2v) is 6.33. The molecule has 1 aromatic rings. The molecule has 0 radical (unpaired) electrons. The fourth-order valence-corrected chi connectivity index (χ4v) is 2.28. The van der Waals surface area contributed by atoms with Crippen molar-refractivity contribution in [2.45, 2.75) is 45.6 Å². The normalized spacial score (nSPS) is 19.1. The maximum absolute atomic E-state index is 12.2. The Bertz CT molecular complexity index is 414. The summed E-state index contributed by atoms with van der Waals surface area (Å²) in [6.45, 7) is 7.43. The number of esters is 1. The van der Waals surface area contributed by atoms with Gasteiger partial charge in [-0.15, -0.1) is 0 Å². The number of aromatic amines is 1. The van der Waals surface area contributed by atoms with Crippen molar-refractivity contribution in [1.82, 2.24) is 15.5 Å². The Hall–Kier alpha value is -1.36. The summed E-state index contributed by atoms with van der Waals surface area (Å²) in [5.74, 6) is -0.131. The van der Waals surface area contributed by atoms with Gasteiger partial charge in [0.15, 0.2) is 0 Å². The van der Waals surface area contributed by atoms with Crippen molar-refractivity contribution < 1.29 is 9.53 Å². The Balaban J connectivity index is 2.13. The largest absolute Gasteiger partial charge is 0.458 e. The Morgan fingerprint density at radius 2 is 2.11 bits per heavy atom. The van der Waals surface area contributed by atoms with Crippen LogP contribution in [0.2, 0.25) is 0 Å². The van der Waals surface area contributed by atoms with Crippen LogP contribution in [0.15, 0.2) is 12.3 Å². The monoisotopic (exact) mass is 265 g/mol. The van der Waals surface area contributed by atoms with Crippen LogP contribution in [0.4, 0.5) is 0 Å². The highest BCUT2D eigenvalue weighted by molar-refractivity contribution is 5.75. The van der Waals surface area contributed by atoms with Gasteiger partial charge in [-0.1, -0.05) is 0 Å². The smallest absolute Gasteiger partial charge is 0.311 e. The molecule has 1 aromatic heterocycles. The molecular weight excluding hydrogens is 242 g/mol. The van der Waals surface area contributed by atoms with E-state index in [2.05, 4.69) is 15.5 Å². The minimum atomic E-state index is -0.466. The lowest BCUT2D eigenvalue weighted by molar-refractivity contribution is -0.172. The summed E-state index contributed by atoms with van der Waals surface area (Å²) in [5.41, 5.74) is 0.150. The second kappa shape index (κ2) is 5.33. The van der Waals surface area contributed by atoms with Gasteiger partial charge in [-0.2, -0.15) is 5.10 Å². The van der Waals surface area contributed by atoms with E-state index in [4.69, 9.17) is 4.74 Å². The molecule has 0 bridgehead atoms. The van der Waals surface area contributed by atoms with Gasteiger partial charge in [0.25, 0.3) is 0 Å². The minimum absolute atomic E-state index is 0.131. The molecule has 0 aliphatic carbocycles. The van der Waals surface area contributed by atoms with Crippen molar-refractivity contribution in [1.29, 1.82) is 0 Å². The summed E-state index contributed by atoms with van der Waals surface area (Å²) in [5, 5.41) is 10.2. The third-order valence-electron chi connectivity index (χ3n) is 3.51. The van der Waals surface area contributed by atoms with Gasteiger partial charge in [0, 0.05) is 31.2 Å². The number of aromatic nitrogens is 2. The van der Waals surface area contributed by atoms with Gasteiger partial charge in [-0.25, -0.2) is 0 Å². The lowest BCUT2D eigenvalue weighted by atomic mass is 9.86. The number of ether oxygens (including phenoxy) is 1. The quantitative estimate of drug-likeness (QED) is 0.816. The molecule has 0 amide bonds.